The van der Waals surface area contributed by atoms with Gasteiger partial charge in [-0.1, -0.05) is 52.0 Å². The molecule has 2 heterocycles. The minimum Gasteiger partial charge on any atom is -0.462 e. The van der Waals surface area contributed by atoms with Gasteiger partial charge in [-0.2, -0.15) is 0 Å². The second-order valence-electron chi connectivity index (χ2n) is 9.41. The molecule has 0 atom stereocenters. The van der Waals surface area contributed by atoms with Crippen molar-refractivity contribution in [1.29, 1.82) is 0 Å². The van der Waals surface area contributed by atoms with Crippen LogP contribution in [0.3, 0.4) is 0 Å². The number of thiophene rings is 1. The summed E-state index contributed by atoms with van der Waals surface area (Å²) >= 11 is 1.37. The molecule has 2 aromatic rings. The van der Waals surface area contributed by atoms with Gasteiger partial charge in [-0.15, -0.1) is 11.3 Å². The topological polar surface area (TPSA) is 58.6 Å². The van der Waals surface area contributed by atoms with Gasteiger partial charge in [0.25, 0.3) is 0 Å². The number of amides is 1. The largest absolute Gasteiger partial charge is 0.462 e. The van der Waals surface area contributed by atoms with Crippen LogP contribution in [0.5, 0.6) is 0 Å². The van der Waals surface area contributed by atoms with Crippen LogP contribution in [0.15, 0.2) is 29.6 Å². The van der Waals surface area contributed by atoms with E-state index in [4.69, 9.17) is 4.74 Å². The Morgan fingerprint density at radius 1 is 1.16 bits per heavy atom. The lowest BCUT2D eigenvalue weighted by Gasteiger charge is -2.29. The lowest BCUT2D eigenvalue weighted by atomic mass is 9.86. The molecule has 3 rings (SSSR count). The number of nitrogens with one attached hydrogen (secondary N) is 1. The molecule has 1 aromatic heterocycles. The van der Waals surface area contributed by atoms with E-state index in [1.807, 2.05) is 17.5 Å². The third-order valence-corrected chi connectivity index (χ3v) is 6.72. The molecule has 1 aromatic carbocycles. The number of ether oxygens (including phenoxy) is 1. The van der Waals surface area contributed by atoms with E-state index in [0.29, 0.717) is 17.1 Å². The van der Waals surface area contributed by atoms with Gasteiger partial charge in [0.1, 0.15) is 10.6 Å². The summed E-state index contributed by atoms with van der Waals surface area (Å²) in [4.78, 5) is 27.7. The number of hydrogen-bond acceptors (Lipinski definition) is 5. The predicted molar refractivity (Wildman–Crippen MR) is 128 cm³/mol. The summed E-state index contributed by atoms with van der Waals surface area (Å²) in [6, 6.07) is 8.26. The van der Waals surface area contributed by atoms with E-state index in [-0.39, 0.29) is 17.9 Å². The molecule has 0 saturated carbocycles. The quantitative estimate of drug-likeness (QED) is 0.595. The van der Waals surface area contributed by atoms with E-state index in [1.165, 1.54) is 16.9 Å². The number of carbonyl (C=O) groups excluding carboxylic acids is 2. The first-order valence-corrected chi connectivity index (χ1v) is 12.0. The second kappa shape index (κ2) is 9.96. The van der Waals surface area contributed by atoms with E-state index in [0.717, 1.165) is 43.0 Å². The van der Waals surface area contributed by atoms with Crippen molar-refractivity contribution in [2.24, 2.45) is 5.92 Å². The van der Waals surface area contributed by atoms with Crippen molar-refractivity contribution >= 4 is 28.2 Å². The molecule has 1 N–H and O–H groups in total. The number of likely N-dealkylation sites (tertiary alicyclic amines) is 1. The Hall–Kier alpha value is -2.18. The summed E-state index contributed by atoms with van der Waals surface area (Å²) in [5, 5.41) is 5.46. The maximum Gasteiger partial charge on any atom is 0.341 e. The number of esters is 1. The molecule has 1 aliphatic rings. The number of piperidine rings is 1. The highest BCUT2D eigenvalue weighted by molar-refractivity contribution is 7.15. The minimum absolute atomic E-state index is 0.0581. The normalized spacial score (nSPS) is 15.6. The first kappa shape index (κ1) is 23.5. The average Bonchev–Trinajstić information content (AvgIpc) is 3.13. The van der Waals surface area contributed by atoms with Crippen LogP contribution < -0.4 is 5.32 Å². The van der Waals surface area contributed by atoms with Gasteiger partial charge < -0.3 is 10.1 Å². The third-order valence-electron chi connectivity index (χ3n) is 5.83. The molecule has 1 fully saturated rings. The van der Waals surface area contributed by atoms with Crippen LogP contribution in [0.4, 0.5) is 5.00 Å². The molecule has 168 valence electrons. The Morgan fingerprint density at radius 2 is 1.81 bits per heavy atom. The summed E-state index contributed by atoms with van der Waals surface area (Å²) in [5.41, 5.74) is 3.47. The van der Waals surface area contributed by atoms with Gasteiger partial charge in [0, 0.05) is 10.9 Å². The van der Waals surface area contributed by atoms with Crippen molar-refractivity contribution < 1.29 is 14.3 Å². The Kier molecular flexibility index (Phi) is 7.55. The average molecular weight is 443 g/mol. The summed E-state index contributed by atoms with van der Waals surface area (Å²) in [5.74, 6) is 0.233. The van der Waals surface area contributed by atoms with Gasteiger partial charge in [-0.05, 0) is 55.3 Å². The molecule has 1 aliphatic heterocycles. The van der Waals surface area contributed by atoms with Gasteiger partial charge in [-0.25, -0.2) is 4.79 Å². The van der Waals surface area contributed by atoms with Gasteiger partial charge in [0.15, 0.2) is 0 Å². The SMILES string of the molecule is CCOC(=O)c1c(-c2ccc(C(C)(C)C)cc2)csc1NC(=O)CN1CCC(C)CC1. The summed E-state index contributed by atoms with van der Waals surface area (Å²) < 4.78 is 5.32. The van der Waals surface area contributed by atoms with E-state index < -0.39 is 5.97 Å². The molecule has 0 aliphatic carbocycles. The van der Waals surface area contributed by atoms with Crippen LogP contribution >= 0.6 is 11.3 Å². The molecule has 0 spiro atoms. The zero-order valence-corrected chi connectivity index (χ0v) is 20.1. The Bertz CT molecular complexity index is 904. The fraction of sp³-hybridized carbons (Fsp3) is 0.520. The van der Waals surface area contributed by atoms with Crippen LogP contribution in [-0.4, -0.2) is 43.0 Å². The molecule has 0 bridgehead atoms. The molecule has 0 unspecified atom stereocenters. The summed E-state index contributed by atoms with van der Waals surface area (Å²) in [6.07, 6.45) is 2.24. The molecule has 5 nitrogen and oxygen atoms in total. The maximum atomic E-state index is 12.8. The van der Waals surface area contributed by atoms with Crippen LogP contribution in [0, 0.1) is 5.92 Å². The molecule has 0 radical (unpaired) electrons. The Morgan fingerprint density at radius 3 is 2.39 bits per heavy atom. The number of rotatable bonds is 6. The van der Waals surface area contributed by atoms with Crippen LogP contribution in [0.25, 0.3) is 11.1 Å². The maximum absolute atomic E-state index is 12.8. The smallest absolute Gasteiger partial charge is 0.341 e. The van der Waals surface area contributed by atoms with E-state index >= 15 is 0 Å². The zero-order chi connectivity index (χ0) is 22.6. The molecule has 31 heavy (non-hydrogen) atoms. The fourth-order valence-corrected chi connectivity index (χ4v) is 4.78. The Labute approximate surface area is 189 Å². The lowest BCUT2D eigenvalue weighted by molar-refractivity contribution is -0.117. The van der Waals surface area contributed by atoms with Crippen molar-refractivity contribution in [3.8, 4) is 11.1 Å². The molecular weight excluding hydrogens is 408 g/mol. The van der Waals surface area contributed by atoms with Gasteiger partial charge in [0.2, 0.25) is 5.91 Å². The number of hydrogen-bond donors (Lipinski definition) is 1. The lowest BCUT2D eigenvalue weighted by Crippen LogP contribution is -2.38. The van der Waals surface area contributed by atoms with Crippen molar-refractivity contribution in [1.82, 2.24) is 4.90 Å². The van der Waals surface area contributed by atoms with Gasteiger partial charge in [-0.3, -0.25) is 9.69 Å². The zero-order valence-electron chi connectivity index (χ0n) is 19.3. The van der Waals surface area contributed by atoms with Crippen LogP contribution in [-0.2, 0) is 14.9 Å². The minimum atomic E-state index is -0.402. The Balaban J connectivity index is 1.82. The van der Waals surface area contributed by atoms with Crippen LogP contribution in [0.1, 0.15) is 63.4 Å². The summed E-state index contributed by atoms with van der Waals surface area (Å²) in [7, 11) is 0. The first-order valence-electron chi connectivity index (χ1n) is 11.1. The van der Waals surface area contributed by atoms with Gasteiger partial charge >= 0.3 is 5.97 Å². The van der Waals surface area contributed by atoms with E-state index in [9.17, 15) is 9.59 Å². The van der Waals surface area contributed by atoms with Gasteiger partial charge in [0.05, 0.1) is 13.2 Å². The highest BCUT2D eigenvalue weighted by Gasteiger charge is 2.24. The second-order valence-corrected chi connectivity index (χ2v) is 10.3. The van der Waals surface area contributed by atoms with Crippen molar-refractivity contribution in [2.75, 3.05) is 31.6 Å². The molecular formula is C25H34N2O3S. The monoisotopic (exact) mass is 442 g/mol. The fourth-order valence-electron chi connectivity index (χ4n) is 3.81. The number of carbonyl (C=O) groups is 2. The predicted octanol–water partition coefficient (Wildman–Crippen LogP) is 5.56. The highest BCUT2D eigenvalue weighted by atomic mass is 32.1. The van der Waals surface area contributed by atoms with E-state index in [2.05, 4.69) is 50.0 Å². The van der Waals surface area contributed by atoms with Crippen molar-refractivity contribution in [3.05, 3.63) is 40.8 Å². The summed E-state index contributed by atoms with van der Waals surface area (Å²) in [6.45, 7) is 13.1. The van der Waals surface area contributed by atoms with E-state index in [1.54, 1.807) is 6.92 Å². The molecule has 1 saturated heterocycles. The molecule has 1 amide bonds. The van der Waals surface area contributed by atoms with Crippen LogP contribution in [0.2, 0.25) is 0 Å². The number of benzene rings is 1. The number of anilines is 1. The third kappa shape index (κ3) is 5.95. The highest BCUT2D eigenvalue weighted by Crippen LogP contribution is 2.37. The number of nitrogens with zero attached hydrogens (tertiary/aromatic N) is 1. The van der Waals surface area contributed by atoms with Crippen molar-refractivity contribution in [2.45, 2.75) is 52.9 Å². The first-order chi connectivity index (χ1) is 14.7. The van der Waals surface area contributed by atoms with Crippen molar-refractivity contribution in [3.63, 3.8) is 0 Å². The molecule has 6 heteroatoms. The standard InChI is InChI=1S/C25H34N2O3S/c1-6-30-24(29)22-20(18-7-9-19(10-8-18)25(3,4)5)16-31-23(22)26-21(28)15-27-13-11-17(2)12-14-27/h7-10,16-17H,6,11-15H2,1-5H3,(H,26,28).